The van der Waals surface area contributed by atoms with E-state index in [1.54, 1.807) is 6.20 Å². The average molecular weight is 261 g/mol. The highest BCUT2D eigenvalue weighted by Crippen LogP contribution is 2.27. The highest BCUT2D eigenvalue weighted by molar-refractivity contribution is 7.98. The molecule has 1 aromatic carbocycles. The Morgan fingerprint density at radius 3 is 2.94 bits per heavy atom. The van der Waals surface area contributed by atoms with Crippen LogP contribution in [0, 0.1) is 0 Å². The highest BCUT2D eigenvalue weighted by Gasteiger charge is 2.03. The molecule has 96 valence electrons. The SMILES string of the molecule is CSCCCCNc1ccc(N)c2ccncc12. The summed E-state index contributed by atoms with van der Waals surface area (Å²) in [7, 11) is 0. The summed E-state index contributed by atoms with van der Waals surface area (Å²) in [5, 5.41) is 5.64. The van der Waals surface area contributed by atoms with Crippen LogP contribution in [0.4, 0.5) is 11.4 Å². The first-order chi connectivity index (χ1) is 8.83. The summed E-state index contributed by atoms with van der Waals surface area (Å²) in [4.78, 5) is 4.17. The van der Waals surface area contributed by atoms with Gasteiger partial charge in [0.05, 0.1) is 0 Å². The van der Waals surface area contributed by atoms with Crippen LogP contribution in [0.1, 0.15) is 12.8 Å². The van der Waals surface area contributed by atoms with Gasteiger partial charge < -0.3 is 11.1 Å². The van der Waals surface area contributed by atoms with Crippen molar-refractivity contribution in [1.29, 1.82) is 0 Å². The second kappa shape index (κ2) is 6.50. The number of thioether (sulfide) groups is 1. The van der Waals surface area contributed by atoms with Crippen LogP contribution in [0.25, 0.3) is 10.8 Å². The van der Waals surface area contributed by atoms with Gasteiger partial charge >= 0.3 is 0 Å². The number of nitrogens with two attached hydrogens (primary N) is 1. The van der Waals surface area contributed by atoms with Crippen molar-refractivity contribution in [3.63, 3.8) is 0 Å². The molecule has 3 N–H and O–H groups in total. The molecule has 1 aromatic heterocycles. The third kappa shape index (κ3) is 3.07. The molecule has 0 saturated carbocycles. The minimum atomic E-state index is 0.806. The molecular weight excluding hydrogens is 242 g/mol. The van der Waals surface area contributed by atoms with Crippen molar-refractivity contribution in [3.8, 4) is 0 Å². The Balaban J connectivity index is 2.07. The minimum absolute atomic E-state index is 0.806. The first-order valence-electron chi connectivity index (χ1n) is 6.18. The third-order valence-electron chi connectivity index (χ3n) is 2.94. The number of fused-ring (bicyclic) bond motifs is 1. The monoisotopic (exact) mass is 261 g/mol. The van der Waals surface area contributed by atoms with Gasteiger partial charge in [0.2, 0.25) is 0 Å². The predicted octanol–water partition coefficient (Wildman–Crippen LogP) is 3.37. The number of unbranched alkanes of at least 4 members (excludes halogenated alkanes) is 1. The molecule has 4 heteroatoms. The van der Waals surface area contributed by atoms with Crippen molar-refractivity contribution in [1.82, 2.24) is 4.98 Å². The molecule has 2 aromatic rings. The van der Waals surface area contributed by atoms with Crippen molar-refractivity contribution in [3.05, 3.63) is 30.6 Å². The minimum Gasteiger partial charge on any atom is -0.398 e. The van der Waals surface area contributed by atoms with E-state index < -0.39 is 0 Å². The van der Waals surface area contributed by atoms with Gasteiger partial charge in [-0.05, 0) is 43.0 Å². The van der Waals surface area contributed by atoms with Gasteiger partial charge in [-0.1, -0.05) is 0 Å². The van der Waals surface area contributed by atoms with Crippen LogP contribution >= 0.6 is 11.8 Å². The van der Waals surface area contributed by atoms with Gasteiger partial charge in [-0.25, -0.2) is 0 Å². The van der Waals surface area contributed by atoms with Gasteiger partial charge in [-0.3, -0.25) is 4.98 Å². The van der Waals surface area contributed by atoms with E-state index in [1.165, 1.54) is 18.6 Å². The third-order valence-corrected chi connectivity index (χ3v) is 3.64. The van der Waals surface area contributed by atoms with Crippen LogP contribution in [-0.4, -0.2) is 23.5 Å². The maximum absolute atomic E-state index is 5.96. The highest BCUT2D eigenvalue weighted by atomic mass is 32.2. The maximum atomic E-state index is 5.96. The summed E-state index contributed by atoms with van der Waals surface area (Å²) in [6.45, 7) is 0.995. The number of benzene rings is 1. The summed E-state index contributed by atoms with van der Waals surface area (Å²) in [5.74, 6) is 1.23. The largest absolute Gasteiger partial charge is 0.398 e. The molecule has 3 nitrogen and oxygen atoms in total. The fraction of sp³-hybridized carbons (Fsp3) is 0.357. The number of hydrogen-bond acceptors (Lipinski definition) is 4. The molecule has 0 unspecified atom stereocenters. The van der Waals surface area contributed by atoms with E-state index in [9.17, 15) is 0 Å². The van der Waals surface area contributed by atoms with Crippen LogP contribution in [0.3, 0.4) is 0 Å². The first-order valence-corrected chi connectivity index (χ1v) is 7.57. The lowest BCUT2D eigenvalue weighted by Gasteiger charge is -2.10. The first kappa shape index (κ1) is 13.0. The normalized spacial score (nSPS) is 10.7. The van der Waals surface area contributed by atoms with Crippen molar-refractivity contribution in [2.45, 2.75) is 12.8 Å². The van der Waals surface area contributed by atoms with Crippen LogP contribution in [0.15, 0.2) is 30.6 Å². The lowest BCUT2D eigenvalue weighted by Crippen LogP contribution is -2.03. The molecule has 18 heavy (non-hydrogen) atoms. The van der Waals surface area contributed by atoms with Gasteiger partial charge in [-0.15, -0.1) is 0 Å². The maximum Gasteiger partial charge on any atom is 0.0437 e. The fourth-order valence-electron chi connectivity index (χ4n) is 1.96. The molecule has 0 amide bonds. The molecular formula is C14H19N3S. The van der Waals surface area contributed by atoms with E-state index in [-0.39, 0.29) is 0 Å². The van der Waals surface area contributed by atoms with Crippen LogP contribution in [0.2, 0.25) is 0 Å². The Hall–Kier alpha value is -1.42. The number of rotatable bonds is 6. The summed E-state index contributed by atoms with van der Waals surface area (Å²) < 4.78 is 0. The Kier molecular flexibility index (Phi) is 4.70. The molecule has 0 aliphatic heterocycles. The van der Waals surface area contributed by atoms with Crippen molar-refractivity contribution >= 4 is 33.9 Å². The summed E-state index contributed by atoms with van der Waals surface area (Å²) >= 11 is 1.90. The number of nitrogens with one attached hydrogen (secondary N) is 1. The molecule has 0 fully saturated rings. The molecule has 2 rings (SSSR count). The topological polar surface area (TPSA) is 50.9 Å². The molecule has 0 saturated heterocycles. The molecule has 1 heterocycles. The van der Waals surface area contributed by atoms with E-state index in [2.05, 4.69) is 16.6 Å². The van der Waals surface area contributed by atoms with E-state index in [4.69, 9.17) is 5.73 Å². The van der Waals surface area contributed by atoms with E-state index in [0.717, 1.165) is 28.7 Å². The van der Waals surface area contributed by atoms with E-state index in [0.29, 0.717) is 0 Å². The van der Waals surface area contributed by atoms with E-state index >= 15 is 0 Å². The van der Waals surface area contributed by atoms with Crippen LogP contribution in [-0.2, 0) is 0 Å². The smallest absolute Gasteiger partial charge is 0.0437 e. The van der Waals surface area contributed by atoms with Gasteiger partial charge in [-0.2, -0.15) is 11.8 Å². The number of nitrogen functional groups attached to an aromatic ring is 1. The second-order valence-electron chi connectivity index (χ2n) is 4.25. The number of nitrogens with zero attached hydrogens (tertiary/aromatic N) is 1. The fourth-order valence-corrected chi connectivity index (χ4v) is 2.45. The molecule has 0 aliphatic rings. The Morgan fingerprint density at radius 1 is 1.22 bits per heavy atom. The molecule has 0 aliphatic carbocycles. The summed E-state index contributed by atoms with van der Waals surface area (Å²) in [6, 6.07) is 5.95. The zero-order valence-electron chi connectivity index (χ0n) is 10.6. The standard InChI is InChI=1S/C14H19N3S/c1-18-9-3-2-7-17-14-5-4-13(15)11-6-8-16-10-12(11)14/h4-6,8,10,17H,2-3,7,9,15H2,1H3. The Morgan fingerprint density at radius 2 is 2.11 bits per heavy atom. The lowest BCUT2D eigenvalue weighted by atomic mass is 10.1. The predicted molar refractivity (Wildman–Crippen MR) is 82.3 cm³/mol. The lowest BCUT2D eigenvalue weighted by molar-refractivity contribution is 0.844. The van der Waals surface area contributed by atoms with Crippen molar-refractivity contribution in [2.75, 3.05) is 29.6 Å². The van der Waals surface area contributed by atoms with Crippen LogP contribution < -0.4 is 11.1 Å². The van der Waals surface area contributed by atoms with Gasteiger partial charge in [0.15, 0.2) is 0 Å². The quantitative estimate of drug-likeness (QED) is 0.618. The number of aromatic nitrogens is 1. The number of anilines is 2. The molecule has 0 spiro atoms. The number of pyridine rings is 1. The second-order valence-corrected chi connectivity index (χ2v) is 5.24. The Labute approximate surface area is 112 Å². The number of hydrogen-bond donors (Lipinski definition) is 2. The van der Waals surface area contributed by atoms with Crippen molar-refractivity contribution < 1.29 is 0 Å². The summed E-state index contributed by atoms with van der Waals surface area (Å²) in [5.41, 5.74) is 7.89. The zero-order valence-corrected chi connectivity index (χ0v) is 11.5. The zero-order chi connectivity index (χ0) is 12.8. The van der Waals surface area contributed by atoms with Crippen LogP contribution in [0.5, 0.6) is 0 Å². The van der Waals surface area contributed by atoms with Gasteiger partial charge in [0.1, 0.15) is 0 Å². The Bertz CT molecular complexity index is 513. The average Bonchev–Trinajstić information content (AvgIpc) is 2.41. The summed E-state index contributed by atoms with van der Waals surface area (Å²) in [6.07, 6.45) is 8.23. The van der Waals surface area contributed by atoms with Gasteiger partial charge in [0, 0.05) is 41.1 Å². The van der Waals surface area contributed by atoms with Gasteiger partial charge in [0.25, 0.3) is 0 Å². The molecule has 0 atom stereocenters. The van der Waals surface area contributed by atoms with E-state index in [1.807, 2.05) is 36.2 Å². The molecule has 0 bridgehead atoms. The van der Waals surface area contributed by atoms with Crippen molar-refractivity contribution in [2.24, 2.45) is 0 Å². The molecule has 0 radical (unpaired) electrons.